The minimum absolute atomic E-state index is 0.366. The van der Waals surface area contributed by atoms with Crippen LogP contribution in [0.15, 0.2) is 23.0 Å². The second-order valence-corrected chi connectivity index (χ2v) is 3.17. The average Bonchev–Trinajstić information content (AvgIpc) is 2.86. The zero-order chi connectivity index (χ0) is 9.97. The summed E-state index contributed by atoms with van der Waals surface area (Å²) in [5.74, 6) is 1.08. The number of hydrogen-bond donors (Lipinski definition) is 0. The van der Waals surface area contributed by atoms with Crippen LogP contribution in [0.4, 0.5) is 0 Å². The summed E-state index contributed by atoms with van der Waals surface area (Å²) in [5.41, 5.74) is 1.67. The second-order valence-electron chi connectivity index (χ2n) is 2.90. The maximum atomic E-state index is 5.62. The number of alkyl halides is 1. The van der Waals surface area contributed by atoms with Crippen molar-refractivity contribution in [3.05, 3.63) is 24.2 Å². The molecule has 0 unspecified atom stereocenters. The summed E-state index contributed by atoms with van der Waals surface area (Å²) in [6.07, 6.45) is 3.67. The number of rotatable bonds is 3. The standard InChI is InChI=1S/C9H10ClN3O/c1-2-13-6-7(5-11-13)9-3-8(4-10)12-14-9/h3,5-6H,2,4H2,1H3. The third kappa shape index (κ3) is 1.65. The zero-order valence-corrected chi connectivity index (χ0v) is 8.53. The first-order valence-electron chi connectivity index (χ1n) is 4.38. The maximum absolute atomic E-state index is 5.62. The van der Waals surface area contributed by atoms with E-state index in [-0.39, 0.29) is 0 Å². The van der Waals surface area contributed by atoms with Crippen LogP contribution in [0.1, 0.15) is 12.6 Å². The van der Waals surface area contributed by atoms with E-state index in [9.17, 15) is 0 Å². The fourth-order valence-corrected chi connectivity index (χ4v) is 1.30. The molecule has 0 atom stereocenters. The Morgan fingerprint density at radius 2 is 2.43 bits per heavy atom. The molecule has 0 aliphatic carbocycles. The van der Waals surface area contributed by atoms with E-state index in [1.807, 2.05) is 23.9 Å². The largest absolute Gasteiger partial charge is 0.356 e. The molecule has 2 rings (SSSR count). The number of nitrogens with zero attached hydrogens (tertiary/aromatic N) is 3. The molecule has 2 aromatic heterocycles. The van der Waals surface area contributed by atoms with Crippen LogP contribution >= 0.6 is 11.6 Å². The normalized spacial score (nSPS) is 10.7. The van der Waals surface area contributed by atoms with Crippen molar-refractivity contribution in [1.82, 2.24) is 14.9 Å². The van der Waals surface area contributed by atoms with Gasteiger partial charge in [-0.1, -0.05) is 5.16 Å². The molecular formula is C9H10ClN3O. The Morgan fingerprint density at radius 1 is 1.57 bits per heavy atom. The van der Waals surface area contributed by atoms with Gasteiger partial charge in [-0.05, 0) is 6.92 Å². The van der Waals surface area contributed by atoms with Gasteiger partial charge in [-0.25, -0.2) is 0 Å². The molecule has 0 amide bonds. The molecule has 2 heterocycles. The average molecular weight is 212 g/mol. The van der Waals surface area contributed by atoms with Gasteiger partial charge in [0.25, 0.3) is 0 Å². The van der Waals surface area contributed by atoms with Gasteiger partial charge in [0.15, 0.2) is 5.76 Å². The molecule has 0 saturated heterocycles. The summed E-state index contributed by atoms with van der Waals surface area (Å²) in [5, 5.41) is 7.94. The van der Waals surface area contributed by atoms with Gasteiger partial charge >= 0.3 is 0 Å². The second kappa shape index (κ2) is 3.84. The van der Waals surface area contributed by atoms with Crippen molar-refractivity contribution in [2.24, 2.45) is 0 Å². The summed E-state index contributed by atoms with van der Waals surface area (Å²) in [7, 11) is 0. The summed E-state index contributed by atoms with van der Waals surface area (Å²) >= 11 is 5.62. The van der Waals surface area contributed by atoms with Gasteiger partial charge < -0.3 is 4.52 Å². The van der Waals surface area contributed by atoms with Crippen molar-refractivity contribution in [2.45, 2.75) is 19.3 Å². The molecule has 0 aromatic carbocycles. The van der Waals surface area contributed by atoms with Crippen molar-refractivity contribution >= 4 is 11.6 Å². The highest BCUT2D eigenvalue weighted by atomic mass is 35.5. The Labute approximate surface area is 86.5 Å². The fraction of sp³-hybridized carbons (Fsp3) is 0.333. The number of aromatic nitrogens is 3. The lowest BCUT2D eigenvalue weighted by Crippen LogP contribution is -1.91. The van der Waals surface area contributed by atoms with Gasteiger partial charge in [0.2, 0.25) is 0 Å². The van der Waals surface area contributed by atoms with Gasteiger partial charge in [0, 0.05) is 18.8 Å². The fourth-order valence-electron chi connectivity index (χ4n) is 1.17. The van der Waals surface area contributed by atoms with Crippen LogP contribution in [0.5, 0.6) is 0 Å². The minimum atomic E-state index is 0.366. The first-order valence-corrected chi connectivity index (χ1v) is 4.91. The van der Waals surface area contributed by atoms with E-state index in [0.29, 0.717) is 11.6 Å². The van der Waals surface area contributed by atoms with E-state index in [2.05, 4.69) is 10.3 Å². The molecule has 0 fully saturated rings. The Bertz CT molecular complexity index is 381. The summed E-state index contributed by atoms with van der Waals surface area (Å²) < 4.78 is 6.94. The monoisotopic (exact) mass is 211 g/mol. The Morgan fingerprint density at radius 3 is 3.00 bits per heavy atom. The number of aryl methyl sites for hydroxylation is 1. The molecule has 0 saturated carbocycles. The predicted octanol–water partition coefficient (Wildman–Crippen LogP) is 2.30. The van der Waals surface area contributed by atoms with E-state index in [1.54, 1.807) is 6.20 Å². The van der Waals surface area contributed by atoms with Crippen LogP contribution < -0.4 is 0 Å². The Hall–Kier alpha value is -1.29. The quantitative estimate of drug-likeness (QED) is 0.732. The molecule has 14 heavy (non-hydrogen) atoms. The molecule has 4 nitrogen and oxygen atoms in total. The maximum Gasteiger partial charge on any atom is 0.170 e. The van der Waals surface area contributed by atoms with Crippen LogP contribution in [-0.2, 0) is 12.4 Å². The summed E-state index contributed by atoms with van der Waals surface area (Å²) in [6.45, 7) is 2.87. The molecule has 74 valence electrons. The SMILES string of the molecule is CCn1cc(-c2cc(CCl)no2)cn1. The van der Waals surface area contributed by atoms with Crippen LogP contribution in [-0.4, -0.2) is 14.9 Å². The lowest BCUT2D eigenvalue weighted by Gasteiger charge is -1.89. The lowest BCUT2D eigenvalue weighted by molar-refractivity contribution is 0.426. The molecule has 2 aromatic rings. The van der Waals surface area contributed by atoms with Crippen molar-refractivity contribution in [2.75, 3.05) is 0 Å². The Kier molecular flexibility index (Phi) is 2.54. The topological polar surface area (TPSA) is 43.9 Å². The van der Waals surface area contributed by atoms with Crippen molar-refractivity contribution in [3.63, 3.8) is 0 Å². The van der Waals surface area contributed by atoms with Gasteiger partial charge in [-0.15, -0.1) is 11.6 Å². The molecule has 0 aliphatic rings. The molecule has 0 aliphatic heterocycles. The van der Waals surface area contributed by atoms with E-state index >= 15 is 0 Å². The summed E-state index contributed by atoms with van der Waals surface area (Å²) in [6, 6.07) is 1.82. The van der Waals surface area contributed by atoms with E-state index < -0.39 is 0 Å². The smallest absolute Gasteiger partial charge is 0.170 e. The van der Waals surface area contributed by atoms with Gasteiger partial charge in [0.05, 0.1) is 23.3 Å². The molecular weight excluding hydrogens is 202 g/mol. The predicted molar refractivity (Wildman–Crippen MR) is 53.0 cm³/mol. The third-order valence-electron chi connectivity index (χ3n) is 1.94. The highest BCUT2D eigenvalue weighted by Gasteiger charge is 2.07. The highest BCUT2D eigenvalue weighted by Crippen LogP contribution is 2.19. The molecule has 0 radical (unpaired) electrons. The van der Waals surface area contributed by atoms with Crippen molar-refractivity contribution in [1.29, 1.82) is 0 Å². The molecule has 0 N–H and O–H groups in total. The molecule has 0 spiro atoms. The number of halogens is 1. The first kappa shape index (κ1) is 9.27. The van der Waals surface area contributed by atoms with Gasteiger partial charge in [0.1, 0.15) is 0 Å². The van der Waals surface area contributed by atoms with Crippen LogP contribution in [0.2, 0.25) is 0 Å². The van der Waals surface area contributed by atoms with E-state index in [4.69, 9.17) is 16.1 Å². The summed E-state index contributed by atoms with van der Waals surface area (Å²) in [4.78, 5) is 0. The lowest BCUT2D eigenvalue weighted by atomic mass is 10.2. The highest BCUT2D eigenvalue weighted by molar-refractivity contribution is 6.16. The third-order valence-corrected chi connectivity index (χ3v) is 2.21. The number of hydrogen-bond acceptors (Lipinski definition) is 3. The van der Waals surface area contributed by atoms with Crippen LogP contribution in [0, 0.1) is 0 Å². The molecule has 0 bridgehead atoms. The van der Waals surface area contributed by atoms with E-state index in [0.717, 1.165) is 17.8 Å². The van der Waals surface area contributed by atoms with Gasteiger partial charge in [-0.2, -0.15) is 5.10 Å². The zero-order valence-electron chi connectivity index (χ0n) is 7.77. The first-order chi connectivity index (χ1) is 6.83. The van der Waals surface area contributed by atoms with E-state index in [1.165, 1.54) is 0 Å². The van der Waals surface area contributed by atoms with Crippen molar-refractivity contribution in [3.8, 4) is 11.3 Å². The van der Waals surface area contributed by atoms with Crippen LogP contribution in [0.3, 0.4) is 0 Å². The molecule has 5 heteroatoms. The minimum Gasteiger partial charge on any atom is -0.356 e. The van der Waals surface area contributed by atoms with Crippen LogP contribution in [0.25, 0.3) is 11.3 Å². The van der Waals surface area contributed by atoms with Crippen molar-refractivity contribution < 1.29 is 4.52 Å². The Balaban J connectivity index is 2.29. The van der Waals surface area contributed by atoms with Gasteiger partial charge in [-0.3, -0.25) is 4.68 Å².